The Balaban J connectivity index is 1.15. The predicted octanol–water partition coefficient (Wildman–Crippen LogP) is 4.91. The molecule has 1 aliphatic carbocycles. The van der Waals surface area contributed by atoms with Crippen molar-refractivity contribution in [1.82, 2.24) is 10.2 Å². The summed E-state index contributed by atoms with van der Waals surface area (Å²) in [6.07, 6.45) is 10.5. The number of fused-ring (bicyclic) bond motifs is 1. The van der Waals surface area contributed by atoms with Crippen LogP contribution in [0, 0.1) is 11.8 Å². The Labute approximate surface area is 182 Å². The Bertz CT molecular complexity index is 701. The van der Waals surface area contributed by atoms with E-state index in [1.807, 2.05) is 0 Å². The zero-order valence-corrected chi connectivity index (χ0v) is 19.0. The smallest absolute Gasteiger partial charge is 0.220 e. The van der Waals surface area contributed by atoms with Crippen molar-refractivity contribution < 1.29 is 9.53 Å². The molecule has 0 spiro atoms. The van der Waals surface area contributed by atoms with Crippen LogP contribution in [0.3, 0.4) is 0 Å². The van der Waals surface area contributed by atoms with E-state index < -0.39 is 0 Å². The van der Waals surface area contributed by atoms with Crippen molar-refractivity contribution in [3.05, 3.63) is 29.3 Å². The van der Waals surface area contributed by atoms with Crippen LogP contribution in [0.4, 0.5) is 0 Å². The highest BCUT2D eigenvalue weighted by Crippen LogP contribution is 2.37. The molecule has 1 aromatic carbocycles. The number of carbonyl (C=O) groups is 1. The van der Waals surface area contributed by atoms with E-state index in [9.17, 15) is 4.79 Å². The second-order valence-electron chi connectivity index (χ2n) is 10.2. The average Bonchev–Trinajstić information content (AvgIpc) is 3.22. The summed E-state index contributed by atoms with van der Waals surface area (Å²) in [7, 11) is 0. The fraction of sp³-hybridized carbons (Fsp3) is 0.731. The van der Waals surface area contributed by atoms with Crippen molar-refractivity contribution in [2.45, 2.75) is 83.6 Å². The first-order chi connectivity index (χ1) is 14.6. The molecule has 1 aromatic rings. The molecular formula is C26H40N2O2. The first kappa shape index (κ1) is 21.7. The minimum absolute atomic E-state index is 0.243. The highest BCUT2D eigenvalue weighted by atomic mass is 16.5. The zero-order chi connectivity index (χ0) is 20.9. The van der Waals surface area contributed by atoms with E-state index in [4.69, 9.17) is 4.74 Å². The van der Waals surface area contributed by atoms with Crippen LogP contribution < -0.4 is 10.1 Å². The molecule has 166 valence electrons. The fourth-order valence-corrected chi connectivity index (χ4v) is 5.72. The van der Waals surface area contributed by atoms with Gasteiger partial charge in [-0.3, -0.25) is 4.79 Å². The van der Waals surface area contributed by atoms with Crippen LogP contribution in [0.2, 0.25) is 0 Å². The van der Waals surface area contributed by atoms with E-state index in [2.05, 4.69) is 42.3 Å². The van der Waals surface area contributed by atoms with Gasteiger partial charge in [0, 0.05) is 24.4 Å². The first-order valence-electron chi connectivity index (χ1n) is 12.3. The number of benzene rings is 1. The Morgan fingerprint density at radius 3 is 2.63 bits per heavy atom. The maximum atomic E-state index is 12.0. The molecule has 30 heavy (non-hydrogen) atoms. The molecule has 0 aromatic heterocycles. The molecule has 0 bridgehead atoms. The van der Waals surface area contributed by atoms with Crippen molar-refractivity contribution >= 4 is 5.91 Å². The maximum absolute atomic E-state index is 12.0. The molecule has 4 heteroatoms. The summed E-state index contributed by atoms with van der Waals surface area (Å²) in [4.78, 5) is 14.7. The quantitative estimate of drug-likeness (QED) is 0.692. The third kappa shape index (κ3) is 5.57. The first-order valence-corrected chi connectivity index (χ1v) is 12.3. The molecule has 0 unspecified atom stereocenters. The van der Waals surface area contributed by atoms with E-state index in [0.717, 1.165) is 37.5 Å². The van der Waals surface area contributed by atoms with E-state index in [-0.39, 0.29) is 5.91 Å². The van der Waals surface area contributed by atoms with Gasteiger partial charge in [-0.15, -0.1) is 0 Å². The van der Waals surface area contributed by atoms with Gasteiger partial charge in [0.2, 0.25) is 5.91 Å². The molecule has 1 N–H and O–H groups in total. The number of carbonyl (C=O) groups excluding carboxylic acids is 1. The monoisotopic (exact) mass is 412 g/mol. The number of ether oxygens (including phenoxy) is 1. The number of hydrogen-bond donors (Lipinski definition) is 1. The van der Waals surface area contributed by atoms with Crippen LogP contribution in [0.15, 0.2) is 18.2 Å². The zero-order valence-electron chi connectivity index (χ0n) is 19.0. The fourth-order valence-electron chi connectivity index (χ4n) is 5.72. The van der Waals surface area contributed by atoms with E-state index >= 15 is 0 Å². The SMILES string of the molecule is CC(C)CC(=O)N[C@H]1CC[C@H](CCN2CCC(c3cccc4c3CCO4)CC2)CC1. The lowest BCUT2D eigenvalue weighted by molar-refractivity contribution is -0.122. The molecular weight excluding hydrogens is 372 g/mol. The Morgan fingerprint density at radius 1 is 1.13 bits per heavy atom. The number of likely N-dealkylation sites (tertiary alicyclic amines) is 1. The number of piperidine rings is 1. The molecule has 1 saturated carbocycles. The highest BCUT2D eigenvalue weighted by molar-refractivity contribution is 5.76. The van der Waals surface area contributed by atoms with E-state index in [1.54, 1.807) is 5.56 Å². The molecule has 4 rings (SSSR count). The summed E-state index contributed by atoms with van der Waals surface area (Å²) in [6, 6.07) is 7.06. The Hall–Kier alpha value is -1.55. The van der Waals surface area contributed by atoms with Gasteiger partial charge >= 0.3 is 0 Å². The van der Waals surface area contributed by atoms with Crippen molar-refractivity contribution in [3.8, 4) is 5.75 Å². The topological polar surface area (TPSA) is 41.6 Å². The third-order valence-corrected chi connectivity index (χ3v) is 7.47. The molecule has 3 aliphatic rings. The second-order valence-corrected chi connectivity index (χ2v) is 10.2. The predicted molar refractivity (Wildman–Crippen MR) is 122 cm³/mol. The molecule has 4 nitrogen and oxygen atoms in total. The van der Waals surface area contributed by atoms with Crippen LogP contribution in [-0.4, -0.2) is 43.1 Å². The number of nitrogens with one attached hydrogen (secondary N) is 1. The summed E-state index contributed by atoms with van der Waals surface area (Å²) in [6.45, 7) is 8.79. The summed E-state index contributed by atoms with van der Waals surface area (Å²) in [5.41, 5.74) is 3.04. The Kier molecular flexibility index (Phi) is 7.35. The minimum atomic E-state index is 0.243. The van der Waals surface area contributed by atoms with Gasteiger partial charge < -0.3 is 15.0 Å². The number of hydrogen-bond acceptors (Lipinski definition) is 3. The maximum Gasteiger partial charge on any atom is 0.220 e. The minimum Gasteiger partial charge on any atom is -0.493 e. The molecule has 1 saturated heterocycles. The van der Waals surface area contributed by atoms with E-state index in [1.165, 1.54) is 57.3 Å². The molecule has 1 amide bonds. The lowest BCUT2D eigenvalue weighted by Crippen LogP contribution is -2.39. The van der Waals surface area contributed by atoms with Crippen molar-refractivity contribution in [1.29, 1.82) is 0 Å². The molecule has 2 fully saturated rings. The lowest BCUT2D eigenvalue weighted by atomic mass is 9.83. The highest BCUT2D eigenvalue weighted by Gasteiger charge is 2.27. The standard InChI is InChI=1S/C26H40N2O2/c1-19(2)18-26(29)27-22-8-6-20(7-9-22)10-14-28-15-11-21(12-16-28)23-4-3-5-25-24(23)13-17-30-25/h3-5,19-22H,6-18H2,1-2H3,(H,27,29)/t20-,22-. The number of amides is 1. The molecule has 2 aliphatic heterocycles. The summed E-state index contributed by atoms with van der Waals surface area (Å²) in [5.74, 6) is 3.37. The molecule has 2 heterocycles. The lowest BCUT2D eigenvalue weighted by Gasteiger charge is -2.35. The van der Waals surface area contributed by atoms with Crippen LogP contribution in [0.25, 0.3) is 0 Å². The van der Waals surface area contributed by atoms with Crippen LogP contribution in [-0.2, 0) is 11.2 Å². The van der Waals surface area contributed by atoms with Gasteiger partial charge in [-0.2, -0.15) is 0 Å². The summed E-state index contributed by atoms with van der Waals surface area (Å²) >= 11 is 0. The van der Waals surface area contributed by atoms with Gasteiger partial charge in [0.25, 0.3) is 0 Å². The molecule has 0 radical (unpaired) electrons. The number of rotatable bonds is 7. The summed E-state index contributed by atoms with van der Waals surface area (Å²) < 4.78 is 5.77. The largest absolute Gasteiger partial charge is 0.493 e. The molecule has 0 atom stereocenters. The third-order valence-electron chi connectivity index (χ3n) is 7.47. The van der Waals surface area contributed by atoms with Crippen LogP contribution in [0.5, 0.6) is 5.75 Å². The number of nitrogens with zero attached hydrogens (tertiary/aromatic N) is 1. The van der Waals surface area contributed by atoms with Gasteiger partial charge in [0.05, 0.1) is 6.61 Å². The summed E-state index contributed by atoms with van der Waals surface area (Å²) in [5, 5.41) is 3.26. The van der Waals surface area contributed by atoms with Crippen LogP contribution >= 0.6 is 0 Å². The second kappa shape index (κ2) is 10.2. The van der Waals surface area contributed by atoms with Gasteiger partial charge in [-0.1, -0.05) is 26.0 Å². The van der Waals surface area contributed by atoms with Crippen molar-refractivity contribution in [2.24, 2.45) is 11.8 Å². The van der Waals surface area contributed by atoms with Crippen molar-refractivity contribution in [2.75, 3.05) is 26.2 Å². The normalized spacial score (nSPS) is 25.2. The van der Waals surface area contributed by atoms with Crippen LogP contribution in [0.1, 0.15) is 82.3 Å². The van der Waals surface area contributed by atoms with Gasteiger partial charge in [-0.25, -0.2) is 0 Å². The van der Waals surface area contributed by atoms with Gasteiger partial charge in [0.1, 0.15) is 5.75 Å². The van der Waals surface area contributed by atoms with Crippen molar-refractivity contribution in [3.63, 3.8) is 0 Å². The Morgan fingerprint density at radius 2 is 1.90 bits per heavy atom. The van der Waals surface area contributed by atoms with Gasteiger partial charge in [0.15, 0.2) is 0 Å². The van der Waals surface area contributed by atoms with E-state index in [0.29, 0.717) is 24.3 Å². The average molecular weight is 413 g/mol. The van der Waals surface area contributed by atoms with Gasteiger partial charge in [-0.05, 0) is 94.0 Å².